The molecule has 0 aliphatic carbocycles. The number of rotatable bonds is 8. The number of nitrogens with two attached hydrogens (primary N) is 1. The summed E-state index contributed by atoms with van der Waals surface area (Å²) in [6.07, 6.45) is 4.36. The number of carbonyl (C=O) groups excluding carboxylic acids is 1. The Hall–Kier alpha value is -0.710. The molecule has 0 spiro atoms. The fourth-order valence-electron chi connectivity index (χ4n) is 0.555. The van der Waals surface area contributed by atoms with E-state index >= 15 is 0 Å². The molecule has 0 aromatic carbocycles. The minimum atomic E-state index is 0.147. The van der Waals surface area contributed by atoms with E-state index in [0.29, 0.717) is 26.4 Å². The fraction of sp³-hybridized carbons (Fsp3) is 0.625. The van der Waals surface area contributed by atoms with Crippen LogP contribution in [-0.4, -0.2) is 39.3 Å². The monoisotopic (exact) mass is 173 g/mol. The third-order valence-electron chi connectivity index (χ3n) is 1.04. The van der Waals surface area contributed by atoms with Gasteiger partial charge in [-0.1, -0.05) is 12.2 Å². The fourth-order valence-corrected chi connectivity index (χ4v) is 0.555. The molecule has 4 nitrogen and oxygen atoms in total. The van der Waals surface area contributed by atoms with Crippen molar-refractivity contribution in [2.75, 3.05) is 33.0 Å². The van der Waals surface area contributed by atoms with Gasteiger partial charge in [0.1, 0.15) is 12.9 Å². The van der Waals surface area contributed by atoms with Gasteiger partial charge >= 0.3 is 0 Å². The molecule has 70 valence electrons. The largest absolute Gasteiger partial charge is 0.376 e. The molecule has 0 rings (SSSR count). The zero-order valence-electron chi connectivity index (χ0n) is 7.07. The van der Waals surface area contributed by atoms with Crippen LogP contribution < -0.4 is 5.73 Å². The smallest absolute Gasteiger partial charge is 0.145 e. The van der Waals surface area contributed by atoms with Crippen LogP contribution in [0.4, 0.5) is 0 Å². The molecule has 0 unspecified atom stereocenters. The Morgan fingerprint density at radius 3 is 2.33 bits per heavy atom. The summed E-state index contributed by atoms with van der Waals surface area (Å²) in [4.78, 5) is 9.79. The van der Waals surface area contributed by atoms with E-state index in [1.807, 2.05) is 6.08 Å². The van der Waals surface area contributed by atoms with Crippen molar-refractivity contribution in [1.29, 1.82) is 0 Å². The number of hydrogen-bond donors (Lipinski definition) is 1. The first kappa shape index (κ1) is 11.3. The zero-order valence-corrected chi connectivity index (χ0v) is 7.07. The molecule has 0 aliphatic heterocycles. The van der Waals surface area contributed by atoms with Gasteiger partial charge < -0.3 is 20.0 Å². The van der Waals surface area contributed by atoms with Crippen molar-refractivity contribution in [3.8, 4) is 0 Å². The molecule has 0 aromatic heterocycles. The van der Waals surface area contributed by atoms with Gasteiger partial charge in [0, 0.05) is 6.54 Å². The van der Waals surface area contributed by atoms with Crippen molar-refractivity contribution in [2.24, 2.45) is 5.73 Å². The van der Waals surface area contributed by atoms with Gasteiger partial charge in [-0.3, -0.25) is 0 Å². The van der Waals surface area contributed by atoms with Gasteiger partial charge in [-0.2, -0.15) is 0 Å². The molecule has 0 radical (unpaired) electrons. The lowest BCUT2D eigenvalue weighted by Gasteiger charge is -1.96. The van der Waals surface area contributed by atoms with Gasteiger partial charge in [-0.15, -0.1) is 0 Å². The minimum Gasteiger partial charge on any atom is -0.376 e. The second-order valence-electron chi connectivity index (χ2n) is 2.04. The van der Waals surface area contributed by atoms with Crippen molar-refractivity contribution in [1.82, 2.24) is 0 Å². The van der Waals surface area contributed by atoms with Crippen molar-refractivity contribution in [3.63, 3.8) is 0 Å². The summed E-state index contributed by atoms with van der Waals surface area (Å²) in [6.45, 7) is 2.25. The van der Waals surface area contributed by atoms with E-state index in [1.54, 1.807) is 6.08 Å². The lowest BCUT2D eigenvalue weighted by Crippen LogP contribution is -2.08. The zero-order chi connectivity index (χ0) is 9.07. The number of carbonyl (C=O) groups is 1. The van der Waals surface area contributed by atoms with E-state index in [4.69, 9.17) is 15.2 Å². The maximum atomic E-state index is 9.79. The van der Waals surface area contributed by atoms with Crippen molar-refractivity contribution in [3.05, 3.63) is 12.2 Å². The molecule has 0 atom stereocenters. The summed E-state index contributed by atoms with van der Waals surface area (Å²) in [5.74, 6) is 0. The Morgan fingerprint density at radius 2 is 1.75 bits per heavy atom. The predicted octanol–water partition coefficient (Wildman–Crippen LogP) is -0.267. The van der Waals surface area contributed by atoms with E-state index in [2.05, 4.69) is 0 Å². The maximum Gasteiger partial charge on any atom is 0.145 e. The average Bonchev–Trinajstić information content (AvgIpc) is 2.10. The summed E-state index contributed by atoms with van der Waals surface area (Å²) in [5, 5.41) is 0. The van der Waals surface area contributed by atoms with Crippen molar-refractivity contribution < 1.29 is 14.3 Å². The van der Waals surface area contributed by atoms with Gasteiger partial charge in [-0.05, 0) is 0 Å². The minimum absolute atomic E-state index is 0.147. The quantitative estimate of drug-likeness (QED) is 0.312. The average molecular weight is 173 g/mol. The third kappa shape index (κ3) is 9.29. The number of aldehydes is 1. The highest BCUT2D eigenvalue weighted by Gasteiger charge is 1.81. The lowest BCUT2D eigenvalue weighted by molar-refractivity contribution is -0.111. The standard InChI is InChI=1S/C8H15NO3/c9-3-7-11-5-1-2-6-12-8-4-10/h1-2,4H,3,5-9H2/b2-1-. The van der Waals surface area contributed by atoms with E-state index in [1.165, 1.54) is 0 Å². The second-order valence-corrected chi connectivity index (χ2v) is 2.04. The number of hydrogen-bond acceptors (Lipinski definition) is 4. The lowest BCUT2D eigenvalue weighted by atomic mass is 10.5. The van der Waals surface area contributed by atoms with Crippen LogP contribution in [-0.2, 0) is 14.3 Å². The topological polar surface area (TPSA) is 61.6 Å². The Bertz CT molecular complexity index is 125. The van der Waals surface area contributed by atoms with E-state index in [-0.39, 0.29) is 6.61 Å². The first-order valence-corrected chi connectivity index (χ1v) is 3.86. The SMILES string of the molecule is NCCOC/C=C\COCC=O. The number of ether oxygens (including phenoxy) is 2. The van der Waals surface area contributed by atoms with Crippen LogP contribution in [0.1, 0.15) is 0 Å². The van der Waals surface area contributed by atoms with Crippen LogP contribution in [0, 0.1) is 0 Å². The van der Waals surface area contributed by atoms with Gasteiger partial charge in [0.05, 0.1) is 19.8 Å². The predicted molar refractivity (Wildman–Crippen MR) is 45.9 cm³/mol. The third-order valence-corrected chi connectivity index (χ3v) is 1.04. The molecule has 0 heterocycles. The molecule has 0 amide bonds. The molecule has 0 aromatic rings. The maximum absolute atomic E-state index is 9.79. The molecule has 0 saturated heterocycles. The summed E-state index contributed by atoms with van der Waals surface area (Å²) in [6, 6.07) is 0. The van der Waals surface area contributed by atoms with E-state index in [0.717, 1.165) is 6.29 Å². The molecule has 0 bridgehead atoms. The van der Waals surface area contributed by atoms with Crippen LogP contribution in [0.3, 0.4) is 0 Å². The molecular weight excluding hydrogens is 158 g/mol. The Balaban J connectivity index is 2.98. The van der Waals surface area contributed by atoms with Crippen LogP contribution in [0.25, 0.3) is 0 Å². The molecule has 2 N–H and O–H groups in total. The van der Waals surface area contributed by atoms with Crippen LogP contribution >= 0.6 is 0 Å². The molecule has 0 fully saturated rings. The summed E-state index contributed by atoms with van der Waals surface area (Å²) in [7, 11) is 0. The van der Waals surface area contributed by atoms with Crippen LogP contribution in [0.5, 0.6) is 0 Å². The Kier molecular flexibility index (Phi) is 9.68. The highest BCUT2D eigenvalue weighted by Crippen LogP contribution is 1.78. The van der Waals surface area contributed by atoms with Gasteiger partial charge in [-0.25, -0.2) is 0 Å². The van der Waals surface area contributed by atoms with Crippen molar-refractivity contribution in [2.45, 2.75) is 0 Å². The summed E-state index contributed by atoms with van der Waals surface area (Å²) < 4.78 is 9.91. The molecule has 4 heteroatoms. The van der Waals surface area contributed by atoms with Crippen molar-refractivity contribution >= 4 is 6.29 Å². The Morgan fingerprint density at radius 1 is 1.08 bits per heavy atom. The van der Waals surface area contributed by atoms with Gasteiger partial charge in [0.15, 0.2) is 0 Å². The highest BCUT2D eigenvalue weighted by atomic mass is 16.5. The van der Waals surface area contributed by atoms with Crippen LogP contribution in [0.2, 0.25) is 0 Å². The molecule has 0 saturated carbocycles. The first-order chi connectivity index (χ1) is 5.91. The van der Waals surface area contributed by atoms with Gasteiger partial charge in [0.25, 0.3) is 0 Å². The highest BCUT2D eigenvalue weighted by molar-refractivity contribution is 5.50. The van der Waals surface area contributed by atoms with Crippen LogP contribution in [0.15, 0.2) is 12.2 Å². The summed E-state index contributed by atoms with van der Waals surface area (Å²) in [5.41, 5.74) is 5.20. The summed E-state index contributed by atoms with van der Waals surface area (Å²) >= 11 is 0. The van der Waals surface area contributed by atoms with Gasteiger partial charge in [0.2, 0.25) is 0 Å². The Labute approximate surface area is 72.3 Å². The molecule has 12 heavy (non-hydrogen) atoms. The second kappa shape index (κ2) is 10.3. The molecular formula is C8H15NO3. The first-order valence-electron chi connectivity index (χ1n) is 3.86. The normalized spacial score (nSPS) is 10.8. The molecule has 0 aliphatic rings. The van der Waals surface area contributed by atoms with E-state index < -0.39 is 0 Å². The van der Waals surface area contributed by atoms with E-state index in [9.17, 15) is 4.79 Å².